The van der Waals surface area contributed by atoms with Gasteiger partial charge in [0.1, 0.15) is 0 Å². The number of rotatable bonds is 3. The van der Waals surface area contributed by atoms with Crippen molar-refractivity contribution in [3.05, 3.63) is 23.8 Å². The molecule has 1 aromatic carbocycles. The van der Waals surface area contributed by atoms with Gasteiger partial charge in [-0.3, -0.25) is 4.79 Å². The van der Waals surface area contributed by atoms with Gasteiger partial charge in [0, 0.05) is 6.42 Å². The Labute approximate surface area is 81.8 Å². The molecule has 14 heavy (non-hydrogen) atoms. The van der Waals surface area contributed by atoms with E-state index < -0.39 is 5.97 Å². The van der Waals surface area contributed by atoms with Crippen molar-refractivity contribution in [2.45, 2.75) is 20.0 Å². The van der Waals surface area contributed by atoms with Crippen LogP contribution in [0.25, 0.3) is 0 Å². The van der Waals surface area contributed by atoms with Crippen molar-refractivity contribution < 1.29 is 19.7 Å². The SMILES string of the molecule is CCC(=O)Oc1ccc(CO)cc1O. The van der Waals surface area contributed by atoms with Crippen LogP contribution in [0.5, 0.6) is 11.5 Å². The Morgan fingerprint density at radius 1 is 1.50 bits per heavy atom. The van der Waals surface area contributed by atoms with Gasteiger partial charge in [0.25, 0.3) is 0 Å². The molecule has 0 aliphatic heterocycles. The highest BCUT2D eigenvalue weighted by Crippen LogP contribution is 2.26. The van der Waals surface area contributed by atoms with Gasteiger partial charge in [-0.2, -0.15) is 0 Å². The Bertz CT molecular complexity index is 333. The highest BCUT2D eigenvalue weighted by molar-refractivity contribution is 5.72. The number of aliphatic hydroxyl groups excluding tert-OH is 1. The zero-order valence-electron chi connectivity index (χ0n) is 7.86. The maximum absolute atomic E-state index is 10.9. The smallest absolute Gasteiger partial charge is 0.311 e. The number of benzene rings is 1. The highest BCUT2D eigenvalue weighted by atomic mass is 16.5. The van der Waals surface area contributed by atoms with Gasteiger partial charge in [-0.05, 0) is 17.7 Å². The molecule has 0 heterocycles. The molecule has 0 aliphatic rings. The number of phenols is 1. The van der Waals surface area contributed by atoms with Gasteiger partial charge in [-0.25, -0.2) is 0 Å². The third-order valence-corrected chi connectivity index (χ3v) is 1.72. The monoisotopic (exact) mass is 196 g/mol. The lowest BCUT2D eigenvalue weighted by Gasteiger charge is -2.05. The molecule has 4 heteroatoms. The summed E-state index contributed by atoms with van der Waals surface area (Å²) in [4.78, 5) is 10.9. The molecular weight excluding hydrogens is 184 g/mol. The summed E-state index contributed by atoms with van der Waals surface area (Å²) in [6.07, 6.45) is 0.251. The molecule has 0 unspecified atom stereocenters. The molecule has 0 fully saturated rings. The molecule has 1 rings (SSSR count). The van der Waals surface area contributed by atoms with E-state index in [0.29, 0.717) is 5.56 Å². The van der Waals surface area contributed by atoms with Crippen LogP contribution in [0.4, 0.5) is 0 Å². The lowest BCUT2D eigenvalue weighted by Crippen LogP contribution is -2.05. The van der Waals surface area contributed by atoms with Gasteiger partial charge in [-0.15, -0.1) is 0 Å². The summed E-state index contributed by atoms with van der Waals surface area (Å²) in [5.74, 6) is -0.426. The molecule has 4 nitrogen and oxygen atoms in total. The number of aromatic hydroxyl groups is 1. The second kappa shape index (κ2) is 4.62. The van der Waals surface area contributed by atoms with Crippen molar-refractivity contribution in [2.75, 3.05) is 0 Å². The third-order valence-electron chi connectivity index (χ3n) is 1.72. The molecule has 2 N–H and O–H groups in total. The number of ether oxygens (including phenoxy) is 1. The van der Waals surface area contributed by atoms with Crippen LogP contribution in [0.1, 0.15) is 18.9 Å². The van der Waals surface area contributed by atoms with Gasteiger partial charge < -0.3 is 14.9 Å². The molecule has 1 aromatic rings. The van der Waals surface area contributed by atoms with Gasteiger partial charge in [-0.1, -0.05) is 13.0 Å². The van der Waals surface area contributed by atoms with Crippen LogP contribution in [0.3, 0.4) is 0 Å². The molecule has 0 radical (unpaired) electrons. The van der Waals surface area contributed by atoms with Crippen LogP contribution in [-0.2, 0) is 11.4 Å². The van der Waals surface area contributed by atoms with Crippen LogP contribution in [0.2, 0.25) is 0 Å². The Morgan fingerprint density at radius 3 is 2.71 bits per heavy atom. The average molecular weight is 196 g/mol. The van der Waals surface area contributed by atoms with Crippen LogP contribution < -0.4 is 4.74 Å². The Balaban J connectivity index is 2.83. The summed E-state index contributed by atoms with van der Waals surface area (Å²) in [7, 11) is 0. The quantitative estimate of drug-likeness (QED) is 0.563. The van der Waals surface area contributed by atoms with E-state index in [-0.39, 0.29) is 24.5 Å². The molecule has 76 valence electrons. The van der Waals surface area contributed by atoms with Crippen molar-refractivity contribution in [1.82, 2.24) is 0 Å². The molecule has 0 aromatic heterocycles. The fraction of sp³-hybridized carbons (Fsp3) is 0.300. The molecule has 0 spiro atoms. The van der Waals surface area contributed by atoms with Crippen molar-refractivity contribution in [3.63, 3.8) is 0 Å². The summed E-state index contributed by atoms with van der Waals surface area (Å²) >= 11 is 0. The molecule has 0 aliphatic carbocycles. The van der Waals surface area contributed by atoms with E-state index in [4.69, 9.17) is 9.84 Å². The van der Waals surface area contributed by atoms with Crippen molar-refractivity contribution >= 4 is 5.97 Å². The minimum absolute atomic E-state index is 0.119. The summed E-state index contributed by atoms with van der Waals surface area (Å²) in [5, 5.41) is 18.1. The van der Waals surface area contributed by atoms with E-state index in [2.05, 4.69) is 0 Å². The average Bonchev–Trinajstić information content (AvgIpc) is 2.20. The van der Waals surface area contributed by atoms with Gasteiger partial charge in [0.2, 0.25) is 0 Å². The van der Waals surface area contributed by atoms with E-state index in [1.807, 2.05) is 0 Å². The molecule has 0 amide bonds. The summed E-state index contributed by atoms with van der Waals surface area (Å²) in [6.45, 7) is 1.51. The van der Waals surface area contributed by atoms with E-state index in [1.54, 1.807) is 13.0 Å². The zero-order chi connectivity index (χ0) is 10.6. The minimum atomic E-state index is -0.406. The maximum atomic E-state index is 10.9. The first-order valence-corrected chi connectivity index (χ1v) is 4.30. The first-order chi connectivity index (χ1) is 6.67. The summed E-state index contributed by atoms with van der Waals surface area (Å²) in [5.41, 5.74) is 0.568. The Hall–Kier alpha value is -1.55. The van der Waals surface area contributed by atoms with Crippen LogP contribution in [0, 0.1) is 0 Å². The number of carbonyl (C=O) groups excluding carboxylic acids is 1. The second-order valence-corrected chi connectivity index (χ2v) is 2.79. The summed E-state index contributed by atoms with van der Waals surface area (Å²) < 4.78 is 4.82. The fourth-order valence-corrected chi connectivity index (χ4v) is 0.942. The summed E-state index contributed by atoms with van der Waals surface area (Å²) in [6, 6.07) is 4.39. The molecule has 0 saturated carbocycles. The first-order valence-electron chi connectivity index (χ1n) is 4.30. The second-order valence-electron chi connectivity index (χ2n) is 2.79. The van der Waals surface area contributed by atoms with Crippen molar-refractivity contribution in [3.8, 4) is 11.5 Å². The molecule has 0 saturated heterocycles. The highest BCUT2D eigenvalue weighted by Gasteiger charge is 2.07. The third kappa shape index (κ3) is 2.47. The number of aliphatic hydroxyl groups is 1. The molecule has 0 bridgehead atoms. The normalized spacial score (nSPS) is 9.86. The van der Waals surface area contributed by atoms with E-state index in [9.17, 15) is 9.90 Å². The van der Waals surface area contributed by atoms with Crippen molar-refractivity contribution in [2.24, 2.45) is 0 Å². The maximum Gasteiger partial charge on any atom is 0.311 e. The fourth-order valence-electron chi connectivity index (χ4n) is 0.942. The standard InChI is InChI=1S/C10H12O4/c1-2-10(13)14-9-4-3-7(6-11)5-8(9)12/h3-5,11-12H,2,6H2,1H3. The van der Waals surface area contributed by atoms with Gasteiger partial charge in [0.15, 0.2) is 11.5 Å². The lowest BCUT2D eigenvalue weighted by molar-refractivity contribution is -0.134. The number of hydrogen-bond acceptors (Lipinski definition) is 4. The predicted molar refractivity (Wildman–Crippen MR) is 50.0 cm³/mol. The molecule has 0 atom stereocenters. The largest absolute Gasteiger partial charge is 0.504 e. The van der Waals surface area contributed by atoms with E-state index in [1.165, 1.54) is 12.1 Å². The molecular formula is C10H12O4. The number of phenolic OH excluding ortho intramolecular Hbond substituents is 1. The topological polar surface area (TPSA) is 66.8 Å². The van der Waals surface area contributed by atoms with Crippen LogP contribution >= 0.6 is 0 Å². The first kappa shape index (κ1) is 10.5. The number of carbonyl (C=O) groups is 1. The van der Waals surface area contributed by atoms with Crippen molar-refractivity contribution in [1.29, 1.82) is 0 Å². The van der Waals surface area contributed by atoms with Gasteiger partial charge >= 0.3 is 5.97 Å². The van der Waals surface area contributed by atoms with E-state index >= 15 is 0 Å². The lowest BCUT2D eigenvalue weighted by atomic mass is 10.2. The van der Waals surface area contributed by atoms with Gasteiger partial charge in [0.05, 0.1) is 6.61 Å². The predicted octanol–water partition coefficient (Wildman–Crippen LogP) is 1.20. The Kier molecular flexibility index (Phi) is 3.48. The minimum Gasteiger partial charge on any atom is -0.504 e. The van der Waals surface area contributed by atoms with Crippen LogP contribution in [-0.4, -0.2) is 16.2 Å². The number of hydrogen-bond donors (Lipinski definition) is 2. The number of esters is 1. The van der Waals surface area contributed by atoms with E-state index in [0.717, 1.165) is 0 Å². The van der Waals surface area contributed by atoms with Crippen LogP contribution in [0.15, 0.2) is 18.2 Å². The Morgan fingerprint density at radius 2 is 2.21 bits per heavy atom. The zero-order valence-corrected chi connectivity index (χ0v) is 7.86.